The van der Waals surface area contributed by atoms with E-state index < -0.39 is 18.2 Å². The number of aromatic amines is 1. The van der Waals surface area contributed by atoms with Gasteiger partial charge in [-0.2, -0.15) is 18.4 Å². The molecule has 6 rings (SSSR count). The molecule has 1 aliphatic rings. The largest absolute Gasteiger partial charge is 0.393 e. The van der Waals surface area contributed by atoms with Crippen LogP contribution >= 0.6 is 11.3 Å². The number of H-pyrrole nitrogens is 1. The number of piperidine rings is 1. The van der Waals surface area contributed by atoms with Crippen molar-refractivity contribution in [3.05, 3.63) is 70.0 Å². The lowest BCUT2D eigenvalue weighted by Gasteiger charge is -2.33. The van der Waals surface area contributed by atoms with Crippen molar-refractivity contribution < 1.29 is 18.3 Å². The normalized spacial score (nSPS) is 16.1. The average molecular weight is 665 g/mol. The van der Waals surface area contributed by atoms with Gasteiger partial charge in [0.2, 0.25) is 0 Å². The summed E-state index contributed by atoms with van der Waals surface area (Å²) in [5.41, 5.74) is 3.71. The highest BCUT2D eigenvalue weighted by Gasteiger charge is 2.30. The third kappa shape index (κ3) is 7.45. The first kappa shape index (κ1) is 32.9. The molecule has 4 aromatic heterocycles. The number of nitrogens with one attached hydrogen (secondary N) is 2. The molecule has 47 heavy (non-hydrogen) atoms. The van der Waals surface area contributed by atoms with E-state index >= 15 is 0 Å². The summed E-state index contributed by atoms with van der Waals surface area (Å²) in [7, 11) is 0. The summed E-state index contributed by atoms with van der Waals surface area (Å²) in [6.07, 6.45) is 1.47. The van der Waals surface area contributed by atoms with Gasteiger partial charge in [-0.1, -0.05) is 13.0 Å². The first-order valence-corrected chi connectivity index (χ1v) is 16.8. The maximum absolute atomic E-state index is 12.9. The number of alkyl halides is 3. The van der Waals surface area contributed by atoms with Gasteiger partial charge in [0.25, 0.3) is 0 Å². The van der Waals surface area contributed by atoms with Crippen molar-refractivity contribution in [3.63, 3.8) is 0 Å². The van der Waals surface area contributed by atoms with Crippen molar-refractivity contribution in [2.24, 2.45) is 0 Å². The van der Waals surface area contributed by atoms with Gasteiger partial charge < -0.3 is 20.0 Å². The number of aromatic nitrogens is 5. The zero-order valence-corrected chi connectivity index (χ0v) is 27.6. The Hall–Kier alpha value is -3.99. The Kier molecular flexibility index (Phi) is 9.29. The monoisotopic (exact) mass is 664 g/mol. The van der Waals surface area contributed by atoms with E-state index in [-0.39, 0.29) is 10.9 Å². The number of hydrogen-bond donors (Lipinski definition) is 3. The number of hydrogen-bond acceptors (Lipinski definition) is 8. The molecule has 1 aliphatic heterocycles. The molecule has 0 spiro atoms. The van der Waals surface area contributed by atoms with E-state index in [0.717, 1.165) is 71.8 Å². The molecule has 1 saturated heterocycles. The number of nitrogens with zero attached hydrogens (tertiary/aromatic N) is 6. The van der Waals surface area contributed by atoms with Gasteiger partial charge in [0.15, 0.2) is 0 Å². The smallest absolute Gasteiger partial charge is 0.388 e. The summed E-state index contributed by atoms with van der Waals surface area (Å²) in [4.78, 5) is 19.4. The van der Waals surface area contributed by atoms with E-state index in [2.05, 4.69) is 55.3 Å². The lowest BCUT2D eigenvalue weighted by Crippen LogP contribution is -2.39. The van der Waals surface area contributed by atoms with Crippen LogP contribution in [0.1, 0.15) is 65.8 Å². The van der Waals surface area contributed by atoms with Gasteiger partial charge in [-0.3, -0.25) is 4.90 Å². The van der Waals surface area contributed by atoms with Crippen molar-refractivity contribution in [3.8, 4) is 6.07 Å². The van der Waals surface area contributed by atoms with Crippen LogP contribution in [0.25, 0.3) is 21.1 Å². The van der Waals surface area contributed by atoms with E-state index in [1.54, 1.807) is 6.07 Å². The van der Waals surface area contributed by atoms with Gasteiger partial charge in [-0.05, 0) is 68.9 Å². The van der Waals surface area contributed by atoms with Crippen LogP contribution < -0.4 is 5.32 Å². The molecular weight excluding hydrogens is 625 g/mol. The highest BCUT2D eigenvalue weighted by Crippen LogP contribution is 2.34. The Morgan fingerprint density at radius 1 is 1.15 bits per heavy atom. The molecule has 5 heterocycles. The number of imidazole rings is 1. The van der Waals surface area contributed by atoms with Gasteiger partial charge in [-0.15, -0.1) is 11.3 Å². The molecule has 9 nitrogen and oxygen atoms in total. The van der Waals surface area contributed by atoms with Crippen LogP contribution in [-0.2, 0) is 25.9 Å². The first-order valence-electron chi connectivity index (χ1n) is 16.0. The third-order valence-corrected chi connectivity index (χ3v) is 10.4. The average Bonchev–Trinajstić information content (AvgIpc) is 3.74. The number of halogens is 3. The first-order chi connectivity index (χ1) is 22.4. The summed E-state index contributed by atoms with van der Waals surface area (Å²) < 4.78 is 40.8. The zero-order valence-electron chi connectivity index (χ0n) is 26.8. The molecule has 0 saturated carbocycles. The van der Waals surface area contributed by atoms with Crippen LogP contribution in [0.15, 0.2) is 36.8 Å². The number of rotatable bonds is 11. The number of aliphatic hydroxyl groups is 1. The quantitative estimate of drug-likeness (QED) is 0.142. The molecule has 0 amide bonds. The third-order valence-electron chi connectivity index (χ3n) is 9.36. The maximum Gasteiger partial charge on any atom is 0.393 e. The molecule has 1 fully saturated rings. The minimum Gasteiger partial charge on any atom is -0.388 e. The van der Waals surface area contributed by atoms with E-state index in [0.29, 0.717) is 47.5 Å². The fourth-order valence-corrected chi connectivity index (χ4v) is 7.56. The number of fused-ring (bicyclic) bond motifs is 2. The molecule has 1 atom stereocenters. The van der Waals surface area contributed by atoms with Gasteiger partial charge in [0.1, 0.15) is 34.6 Å². The highest BCUT2D eigenvalue weighted by atomic mass is 32.1. The van der Waals surface area contributed by atoms with Crippen LogP contribution in [0, 0.1) is 25.2 Å². The van der Waals surface area contributed by atoms with Crippen LogP contribution in [0.4, 0.5) is 19.0 Å². The second-order valence-corrected chi connectivity index (χ2v) is 13.8. The highest BCUT2D eigenvalue weighted by molar-refractivity contribution is 7.18. The minimum atomic E-state index is -4.26. The van der Waals surface area contributed by atoms with E-state index in [1.807, 2.05) is 30.7 Å². The standard InChI is InChI=1S/C34H39F3N8OS/c1-4-33(46,10-7-30-39-17-21(2)42-30)19-45-25(16-38)13-27-22(3)23(5-6-29(27)45)18-44-11-8-24(9-12-44)43-31-28-14-26(15-34(35,36)37)47-32(28)41-20-40-31/h5-6,13-14,17,20,24,46H,4,7-12,15,18-19H2,1-3H3,(H,39,42)(H,40,41,43). The Bertz CT molecular complexity index is 1910. The Morgan fingerprint density at radius 3 is 2.62 bits per heavy atom. The molecule has 0 radical (unpaired) electrons. The fraction of sp³-hybridized carbons (Fsp3) is 0.471. The molecular formula is C34H39F3N8OS. The fourth-order valence-electron chi connectivity index (χ4n) is 6.54. The van der Waals surface area contributed by atoms with Crippen molar-refractivity contribution in [1.82, 2.24) is 29.4 Å². The number of aryl methyl sites for hydroxylation is 3. The Labute approximate surface area is 275 Å². The van der Waals surface area contributed by atoms with Gasteiger partial charge >= 0.3 is 6.18 Å². The number of benzene rings is 1. The van der Waals surface area contributed by atoms with Crippen LogP contribution in [0.3, 0.4) is 0 Å². The van der Waals surface area contributed by atoms with E-state index in [9.17, 15) is 23.5 Å². The van der Waals surface area contributed by atoms with Gasteiger partial charge in [0.05, 0.1) is 29.6 Å². The van der Waals surface area contributed by atoms with Gasteiger partial charge in [0, 0.05) is 54.1 Å². The van der Waals surface area contributed by atoms with Crippen LogP contribution in [-0.4, -0.2) is 65.4 Å². The van der Waals surface area contributed by atoms with E-state index in [1.165, 1.54) is 11.9 Å². The second-order valence-electron chi connectivity index (χ2n) is 12.7. The molecule has 13 heteroatoms. The van der Waals surface area contributed by atoms with Crippen LogP contribution in [0.5, 0.6) is 0 Å². The molecule has 3 N–H and O–H groups in total. The lowest BCUT2D eigenvalue weighted by molar-refractivity contribution is -0.126. The lowest BCUT2D eigenvalue weighted by atomic mass is 9.94. The summed E-state index contributed by atoms with van der Waals surface area (Å²) in [5.74, 6) is 1.43. The molecule has 1 aromatic carbocycles. The number of thiophene rings is 1. The number of anilines is 1. The maximum atomic E-state index is 12.9. The second kappa shape index (κ2) is 13.3. The summed E-state index contributed by atoms with van der Waals surface area (Å²) >= 11 is 1.06. The zero-order chi connectivity index (χ0) is 33.3. The predicted octanol–water partition coefficient (Wildman–Crippen LogP) is 6.81. The summed E-state index contributed by atoms with van der Waals surface area (Å²) in [5, 5.41) is 26.7. The summed E-state index contributed by atoms with van der Waals surface area (Å²) in [6.45, 7) is 8.80. The SMILES string of the molecule is CCC(O)(CCc1nc(C)c[nH]1)Cn1c(C#N)cc2c(C)c(CN3CCC(Nc4ncnc5sc(CC(F)(F)F)cc45)CC3)ccc21. The van der Waals surface area contributed by atoms with E-state index in [4.69, 9.17) is 0 Å². The Balaban J connectivity index is 1.11. The Morgan fingerprint density at radius 2 is 1.94 bits per heavy atom. The van der Waals surface area contributed by atoms with Crippen molar-refractivity contribution in [2.45, 2.75) is 90.2 Å². The molecule has 0 aliphatic carbocycles. The van der Waals surface area contributed by atoms with Gasteiger partial charge in [-0.25, -0.2) is 15.0 Å². The molecule has 5 aromatic rings. The van der Waals surface area contributed by atoms with Crippen molar-refractivity contribution >= 4 is 38.3 Å². The van der Waals surface area contributed by atoms with Crippen molar-refractivity contribution in [2.75, 3.05) is 18.4 Å². The molecule has 0 bridgehead atoms. The summed E-state index contributed by atoms with van der Waals surface area (Å²) in [6, 6.07) is 10.2. The topological polar surface area (TPSA) is 119 Å². The number of nitriles is 1. The molecule has 1 unspecified atom stereocenters. The van der Waals surface area contributed by atoms with Crippen molar-refractivity contribution in [1.29, 1.82) is 5.26 Å². The number of likely N-dealkylation sites (tertiary alicyclic amines) is 1. The molecule has 248 valence electrons. The predicted molar refractivity (Wildman–Crippen MR) is 177 cm³/mol. The van der Waals surface area contributed by atoms with Crippen LogP contribution in [0.2, 0.25) is 0 Å². The minimum absolute atomic E-state index is 0.153.